The van der Waals surface area contributed by atoms with Crippen LogP contribution in [0, 0.1) is 9.12 Å². The lowest BCUT2D eigenvalue weighted by atomic mass is 9.81. The number of carbonyl (C=O) groups excluding carboxylic acids is 2. The van der Waals surface area contributed by atoms with E-state index in [1.165, 1.54) is 25.3 Å². The Morgan fingerprint density at radius 1 is 1.35 bits per heavy atom. The average molecular weight is 563 g/mol. The lowest BCUT2D eigenvalue weighted by Gasteiger charge is -2.36. The van der Waals surface area contributed by atoms with Crippen LogP contribution in [-0.2, 0) is 20.7 Å². The number of carbonyl (C=O) groups is 2. The third kappa shape index (κ3) is 6.42. The molecular weight excluding hydrogens is 539 g/mol. The summed E-state index contributed by atoms with van der Waals surface area (Å²) < 4.78 is 12.6. The highest BCUT2D eigenvalue weighted by Crippen LogP contribution is 2.36. The largest absolute Gasteiger partial charge is 0.505 e. The van der Waals surface area contributed by atoms with Crippen molar-refractivity contribution < 1.29 is 24.2 Å². The van der Waals surface area contributed by atoms with Crippen LogP contribution in [0.3, 0.4) is 0 Å². The van der Waals surface area contributed by atoms with Crippen molar-refractivity contribution in [3.63, 3.8) is 0 Å². The van der Waals surface area contributed by atoms with E-state index in [1.54, 1.807) is 17.7 Å². The van der Waals surface area contributed by atoms with Crippen LogP contribution in [0.15, 0.2) is 29.3 Å². The van der Waals surface area contributed by atoms with Crippen LogP contribution in [0.5, 0.6) is 5.75 Å². The highest BCUT2D eigenvalue weighted by molar-refractivity contribution is 14.1. The van der Waals surface area contributed by atoms with E-state index < -0.39 is 22.8 Å². The molecule has 2 aromatic rings. The summed E-state index contributed by atoms with van der Waals surface area (Å²) in [5, 5.41) is 10.0. The number of rotatable bonds is 8. The van der Waals surface area contributed by atoms with E-state index >= 15 is 0 Å². The Balaban J connectivity index is 2.56. The van der Waals surface area contributed by atoms with Gasteiger partial charge in [-0.25, -0.2) is 9.78 Å². The Bertz CT molecular complexity index is 1040. The summed E-state index contributed by atoms with van der Waals surface area (Å²) in [6.45, 7) is 7.03. The first-order valence-corrected chi connectivity index (χ1v) is 11.0. The quantitative estimate of drug-likeness (QED) is 0.297. The zero-order chi connectivity index (χ0) is 23.3. The number of halogens is 2. The van der Waals surface area contributed by atoms with Crippen LogP contribution >= 0.6 is 34.2 Å². The van der Waals surface area contributed by atoms with Gasteiger partial charge in [-0.1, -0.05) is 25.4 Å². The summed E-state index contributed by atoms with van der Waals surface area (Å²) in [5.74, 6) is -1.28. The molecule has 1 atom stereocenters. The van der Waals surface area contributed by atoms with Gasteiger partial charge in [0.2, 0.25) is 0 Å². The predicted molar refractivity (Wildman–Crippen MR) is 123 cm³/mol. The molecule has 2 aromatic heterocycles. The zero-order valence-corrected chi connectivity index (χ0v) is 20.6. The molecule has 1 unspecified atom stereocenters. The lowest BCUT2D eigenvalue weighted by Crippen LogP contribution is -2.35. The Morgan fingerprint density at radius 3 is 2.65 bits per heavy atom. The summed E-state index contributed by atoms with van der Waals surface area (Å²) in [7, 11) is 0. The third-order valence-electron chi connectivity index (χ3n) is 4.74. The topological polar surface area (TPSA) is 108 Å². The fourth-order valence-electron chi connectivity index (χ4n) is 3.08. The van der Waals surface area contributed by atoms with Gasteiger partial charge in [-0.15, -0.1) is 0 Å². The van der Waals surface area contributed by atoms with Crippen molar-refractivity contribution >= 4 is 46.1 Å². The minimum Gasteiger partial charge on any atom is -0.505 e. The highest BCUT2D eigenvalue weighted by atomic mass is 127. The number of ether oxygens (including phenoxy) is 2. The van der Waals surface area contributed by atoms with Gasteiger partial charge in [0.15, 0.2) is 16.3 Å². The second kappa shape index (κ2) is 10.4. The van der Waals surface area contributed by atoms with Gasteiger partial charge in [0.05, 0.1) is 13.2 Å². The number of pyridine rings is 2. The molecule has 0 bridgehead atoms. The van der Waals surface area contributed by atoms with Gasteiger partial charge in [0.1, 0.15) is 9.26 Å². The molecule has 168 valence electrons. The van der Waals surface area contributed by atoms with E-state index in [9.17, 15) is 19.5 Å². The van der Waals surface area contributed by atoms with Gasteiger partial charge in [-0.3, -0.25) is 9.59 Å². The molecule has 0 saturated heterocycles. The molecule has 0 spiro atoms. The van der Waals surface area contributed by atoms with Crippen molar-refractivity contribution in [2.45, 2.75) is 40.2 Å². The van der Waals surface area contributed by atoms with Gasteiger partial charge >= 0.3 is 11.9 Å². The summed E-state index contributed by atoms with van der Waals surface area (Å²) in [6, 6.07) is 2.45. The van der Waals surface area contributed by atoms with E-state index in [1.807, 2.05) is 36.4 Å². The van der Waals surface area contributed by atoms with Crippen molar-refractivity contribution in [3.8, 4) is 5.75 Å². The summed E-state index contributed by atoms with van der Waals surface area (Å²) in [6.07, 6.45) is 3.37. The summed E-state index contributed by atoms with van der Waals surface area (Å²) in [5.41, 5.74) is -0.457. The summed E-state index contributed by atoms with van der Waals surface area (Å²) in [4.78, 5) is 40.0. The minimum absolute atomic E-state index is 0.00293. The average Bonchev–Trinajstić information content (AvgIpc) is 2.69. The molecule has 1 N–H and O–H groups in total. The molecule has 0 saturated carbocycles. The Kier molecular flexibility index (Phi) is 8.47. The molecule has 10 heteroatoms. The van der Waals surface area contributed by atoms with E-state index in [0.717, 1.165) is 0 Å². The van der Waals surface area contributed by atoms with E-state index in [0.29, 0.717) is 15.7 Å². The second-order valence-electron chi connectivity index (χ2n) is 7.63. The molecule has 0 aliphatic heterocycles. The standard InChI is InChI=1S/C21H24ClIN2O6/c1-5-30-20(29)14-10-25(7-6-15(14)27)17(21(3,4)11-31-12(2)26)9-13-8-16(28)18(22)24-19(13)23/h6-8,10,17,28H,5,9,11H2,1-4H3. The molecular formula is C21H24ClIN2O6. The van der Waals surface area contributed by atoms with Crippen LogP contribution in [0.25, 0.3) is 0 Å². The minimum atomic E-state index is -0.709. The highest BCUT2D eigenvalue weighted by Gasteiger charge is 2.33. The zero-order valence-electron chi connectivity index (χ0n) is 17.6. The molecule has 0 amide bonds. The van der Waals surface area contributed by atoms with Crippen molar-refractivity contribution in [3.05, 3.63) is 54.7 Å². The molecule has 2 heterocycles. The number of nitrogens with zero attached hydrogens (tertiary/aromatic N) is 2. The molecule has 2 rings (SSSR count). The van der Waals surface area contributed by atoms with Crippen LogP contribution < -0.4 is 5.43 Å². The molecule has 0 fully saturated rings. The normalized spacial score (nSPS) is 12.3. The molecule has 8 nitrogen and oxygen atoms in total. The molecule has 0 radical (unpaired) electrons. The van der Waals surface area contributed by atoms with Crippen molar-refractivity contribution in [1.29, 1.82) is 0 Å². The van der Waals surface area contributed by atoms with Gasteiger partial charge in [0.25, 0.3) is 0 Å². The van der Waals surface area contributed by atoms with E-state index in [4.69, 9.17) is 21.1 Å². The Hall–Kier alpha value is -2.14. The molecule has 0 aliphatic rings. The predicted octanol–water partition coefficient (Wildman–Crippen LogP) is 3.76. The fourth-order valence-corrected chi connectivity index (χ4v) is 3.97. The van der Waals surface area contributed by atoms with Gasteiger partial charge in [0, 0.05) is 36.8 Å². The maximum absolute atomic E-state index is 12.2. The number of esters is 2. The van der Waals surface area contributed by atoms with Crippen LogP contribution in [-0.4, -0.2) is 39.8 Å². The van der Waals surface area contributed by atoms with Crippen molar-refractivity contribution in [1.82, 2.24) is 9.55 Å². The van der Waals surface area contributed by atoms with Crippen molar-refractivity contribution in [2.24, 2.45) is 5.41 Å². The Morgan fingerprint density at radius 2 is 2.03 bits per heavy atom. The Labute approximate surface area is 198 Å². The van der Waals surface area contributed by atoms with Crippen LogP contribution in [0.4, 0.5) is 0 Å². The van der Waals surface area contributed by atoms with Gasteiger partial charge in [-0.2, -0.15) is 0 Å². The van der Waals surface area contributed by atoms with Gasteiger partial charge < -0.3 is 19.1 Å². The first-order valence-electron chi connectivity index (χ1n) is 9.52. The molecule has 31 heavy (non-hydrogen) atoms. The monoisotopic (exact) mass is 562 g/mol. The summed E-state index contributed by atoms with van der Waals surface area (Å²) >= 11 is 7.93. The first-order chi connectivity index (χ1) is 14.5. The number of aromatic nitrogens is 2. The van der Waals surface area contributed by atoms with Crippen LogP contribution in [0.2, 0.25) is 5.15 Å². The molecule has 0 aromatic carbocycles. The van der Waals surface area contributed by atoms with Crippen LogP contribution in [0.1, 0.15) is 49.7 Å². The maximum Gasteiger partial charge on any atom is 0.343 e. The maximum atomic E-state index is 12.2. The van der Waals surface area contributed by atoms with Gasteiger partial charge in [-0.05, 0) is 47.6 Å². The lowest BCUT2D eigenvalue weighted by molar-refractivity contribution is -0.144. The second-order valence-corrected chi connectivity index (χ2v) is 9.01. The smallest absolute Gasteiger partial charge is 0.343 e. The molecule has 0 aliphatic carbocycles. The first kappa shape index (κ1) is 25.1. The fraction of sp³-hybridized carbons (Fsp3) is 0.429. The van der Waals surface area contributed by atoms with E-state index in [-0.39, 0.29) is 35.7 Å². The van der Waals surface area contributed by atoms with E-state index in [2.05, 4.69) is 4.98 Å². The number of aromatic hydroxyl groups is 1. The SMILES string of the molecule is CCOC(=O)c1cn(C(Cc2cc(O)c(Cl)nc2I)C(C)(C)COC(C)=O)ccc1=O. The third-order valence-corrected chi connectivity index (χ3v) is 5.96. The van der Waals surface area contributed by atoms with Crippen molar-refractivity contribution in [2.75, 3.05) is 13.2 Å². The number of hydrogen-bond acceptors (Lipinski definition) is 7. The number of hydrogen-bond donors (Lipinski definition) is 1.